The first-order chi connectivity index (χ1) is 10.8. The van der Waals surface area contributed by atoms with Gasteiger partial charge in [-0.1, -0.05) is 19.9 Å². The van der Waals surface area contributed by atoms with Crippen LogP contribution in [0, 0.1) is 5.92 Å². The molecule has 128 valence electrons. The lowest BCUT2D eigenvalue weighted by Crippen LogP contribution is -2.39. The SMILES string of the molecule is COc1cccc(C(=O)N(C)C)c1OCC(=O)NC(C)C(C)C. The molecule has 2 amide bonds. The lowest BCUT2D eigenvalue weighted by Gasteiger charge is -2.19. The molecule has 0 spiro atoms. The van der Waals surface area contributed by atoms with Crippen molar-refractivity contribution in [3.05, 3.63) is 23.8 Å². The van der Waals surface area contributed by atoms with Gasteiger partial charge in [0.1, 0.15) is 0 Å². The molecule has 0 aliphatic rings. The molecule has 0 saturated heterocycles. The number of ether oxygens (including phenoxy) is 2. The molecule has 1 aromatic rings. The van der Waals surface area contributed by atoms with E-state index in [1.54, 1.807) is 32.3 Å². The second kappa shape index (κ2) is 8.41. The zero-order chi connectivity index (χ0) is 17.6. The summed E-state index contributed by atoms with van der Waals surface area (Å²) in [7, 11) is 4.80. The molecular weight excluding hydrogens is 296 g/mol. The molecule has 0 aromatic heterocycles. The van der Waals surface area contributed by atoms with E-state index >= 15 is 0 Å². The van der Waals surface area contributed by atoms with Crippen LogP contribution < -0.4 is 14.8 Å². The van der Waals surface area contributed by atoms with Crippen molar-refractivity contribution in [1.82, 2.24) is 10.2 Å². The van der Waals surface area contributed by atoms with Crippen molar-refractivity contribution in [2.45, 2.75) is 26.8 Å². The molecule has 1 N–H and O–H groups in total. The summed E-state index contributed by atoms with van der Waals surface area (Å²) in [4.78, 5) is 25.7. The number of nitrogens with one attached hydrogen (secondary N) is 1. The molecule has 0 heterocycles. The number of hydrogen-bond donors (Lipinski definition) is 1. The van der Waals surface area contributed by atoms with E-state index in [0.717, 1.165) is 0 Å². The third-order valence-electron chi connectivity index (χ3n) is 3.57. The molecule has 1 atom stereocenters. The predicted octanol–water partition coefficient (Wildman–Crippen LogP) is 1.94. The summed E-state index contributed by atoms with van der Waals surface area (Å²) in [5.41, 5.74) is 0.360. The van der Waals surface area contributed by atoms with Crippen molar-refractivity contribution in [3.63, 3.8) is 0 Å². The lowest BCUT2D eigenvalue weighted by atomic mass is 10.1. The van der Waals surface area contributed by atoms with Crippen LogP contribution in [-0.4, -0.2) is 50.6 Å². The summed E-state index contributed by atoms with van der Waals surface area (Å²) in [5.74, 6) is 0.578. The molecule has 1 unspecified atom stereocenters. The second-order valence-electron chi connectivity index (χ2n) is 5.93. The summed E-state index contributed by atoms with van der Waals surface area (Å²) in [6.45, 7) is 5.82. The number of carbonyl (C=O) groups excluding carboxylic acids is 2. The highest BCUT2D eigenvalue weighted by Gasteiger charge is 2.20. The molecule has 0 fully saturated rings. The van der Waals surface area contributed by atoms with Crippen molar-refractivity contribution >= 4 is 11.8 Å². The number of carbonyl (C=O) groups is 2. The average molecular weight is 322 g/mol. The molecule has 0 aliphatic carbocycles. The van der Waals surface area contributed by atoms with Crippen LogP contribution in [0.25, 0.3) is 0 Å². The van der Waals surface area contributed by atoms with Crippen LogP contribution in [0.1, 0.15) is 31.1 Å². The van der Waals surface area contributed by atoms with Gasteiger partial charge in [0.05, 0.1) is 12.7 Å². The van der Waals surface area contributed by atoms with Gasteiger partial charge in [-0.25, -0.2) is 0 Å². The molecule has 23 heavy (non-hydrogen) atoms. The molecule has 0 saturated carbocycles. The minimum absolute atomic E-state index is 0.0478. The van der Waals surface area contributed by atoms with Crippen LogP contribution in [0.15, 0.2) is 18.2 Å². The third-order valence-corrected chi connectivity index (χ3v) is 3.57. The van der Waals surface area contributed by atoms with E-state index < -0.39 is 0 Å². The maximum Gasteiger partial charge on any atom is 0.258 e. The van der Waals surface area contributed by atoms with Gasteiger partial charge < -0.3 is 19.7 Å². The van der Waals surface area contributed by atoms with Gasteiger partial charge in [-0.3, -0.25) is 9.59 Å². The van der Waals surface area contributed by atoms with Crippen LogP contribution in [0.2, 0.25) is 0 Å². The van der Waals surface area contributed by atoms with Gasteiger partial charge in [0.2, 0.25) is 0 Å². The smallest absolute Gasteiger partial charge is 0.258 e. The Kier molecular flexibility index (Phi) is 6.88. The number of rotatable bonds is 7. The van der Waals surface area contributed by atoms with Crippen molar-refractivity contribution in [2.75, 3.05) is 27.8 Å². The quantitative estimate of drug-likeness (QED) is 0.833. The molecule has 0 radical (unpaired) electrons. The zero-order valence-corrected chi connectivity index (χ0v) is 14.7. The van der Waals surface area contributed by atoms with Gasteiger partial charge in [0, 0.05) is 20.1 Å². The molecule has 0 bridgehead atoms. The van der Waals surface area contributed by atoms with Crippen molar-refractivity contribution < 1.29 is 19.1 Å². The van der Waals surface area contributed by atoms with E-state index in [9.17, 15) is 9.59 Å². The van der Waals surface area contributed by atoms with Crippen LogP contribution >= 0.6 is 0 Å². The first-order valence-electron chi connectivity index (χ1n) is 7.58. The Hall–Kier alpha value is -2.24. The first-order valence-corrected chi connectivity index (χ1v) is 7.58. The van der Waals surface area contributed by atoms with E-state index in [1.165, 1.54) is 12.0 Å². The van der Waals surface area contributed by atoms with Crippen LogP contribution in [-0.2, 0) is 4.79 Å². The Morgan fingerprint density at radius 1 is 1.22 bits per heavy atom. The van der Waals surface area contributed by atoms with Crippen molar-refractivity contribution in [2.24, 2.45) is 5.92 Å². The number of hydrogen-bond acceptors (Lipinski definition) is 4. The summed E-state index contributed by atoms with van der Waals surface area (Å²) >= 11 is 0. The fourth-order valence-electron chi connectivity index (χ4n) is 1.83. The van der Waals surface area contributed by atoms with Crippen LogP contribution in [0.3, 0.4) is 0 Å². The van der Waals surface area contributed by atoms with Crippen LogP contribution in [0.4, 0.5) is 0 Å². The van der Waals surface area contributed by atoms with Gasteiger partial charge in [0.25, 0.3) is 11.8 Å². The number of para-hydroxylation sites is 1. The van der Waals surface area contributed by atoms with Gasteiger partial charge in [-0.2, -0.15) is 0 Å². The zero-order valence-electron chi connectivity index (χ0n) is 14.7. The minimum Gasteiger partial charge on any atom is -0.493 e. The highest BCUT2D eigenvalue weighted by atomic mass is 16.5. The van der Waals surface area contributed by atoms with Gasteiger partial charge >= 0.3 is 0 Å². The third kappa shape index (κ3) is 5.16. The van der Waals surface area contributed by atoms with E-state index in [-0.39, 0.29) is 30.2 Å². The standard InChI is InChI=1S/C17H26N2O4/c1-11(2)12(3)18-15(20)10-23-16-13(17(21)19(4)5)8-7-9-14(16)22-6/h7-9,11-12H,10H2,1-6H3,(H,18,20). The Bertz CT molecular complexity index is 556. The van der Waals surface area contributed by atoms with Crippen LogP contribution in [0.5, 0.6) is 11.5 Å². The van der Waals surface area contributed by atoms with Crippen molar-refractivity contribution in [1.29, 1.82) is 0 Å². The lowest BCUT2D eigenvalue weighted by molar-refractivity contribution is -0.124. The molecule has 1 rings (SSSR count). The van der Waals surface area contributed by atoms with E-state index in [0.29, 0.717) is 17.2 Å². The van der Waals surface area contributed by atoms with Gasteiger partial charge in [0.15, 0.2) is 18.1 Å². The normalized spacial score (nSPS) is 11.8. The van der Waals surface area contributed by atoms with E-state index in [4.69, 9.17) is 9.47 Å². The summed E-state index contributed by atoms with van der Waals surface area (Å²) in [6.07, 6.45) is 0. The first kappa shape index (κ1) is 18.8. The Labute approximate surface area is 137 Å². The van der Waals surface area contributed by atoms with Gasteiger partial charge in [-0.15, -0.1) is 0 Å². The summed E-state index contributed by atoms with van der Waals surface area (Å²) < 4.78 is 10.8. The molecule has 0 aliphatic heterocycles. The Morgan fingerprint density at radius 2 is 1.87 bits per heavy atom. The maximum absolute atomic E-state index is 12.2. The largest absolute Gasteiger partial charge is 0.493 e. The second-order valence-corrected chi connectivity index (χ2v) is 5.93. The van der Waals surface area contributed by atoms with E-state index in [2.05, 4.69) is 5.32 Å². The highest BCUT2D eigenvalue weighted by molar-refractivity contribution is 5.97. The monoisotopic (exact) mass is 322 g/mol. The fourth-order valence-corrected chi connectivity index (χ4v) is 1.83. The molecular formula is C17H26N2O4. The number of methoxy groups -OCH3 is 1. The topological polar surface area (TPSA) is 67.9 Å². The Balaban J connectivity index is 2.90. The minimum atomic E-state index is -0.236. The number of benzene rings is 1. The average Bonchev–Trinajstić information content (AvgIpc) is 2.51. The van der Waals surface area contributed by atoms with E-state index in [1.807, 2.05) is 20.8 Å². The number of amides is 2. The highest BCUT2D eigenvalue weighted by Crippen LogP contribution is 2.31. The maximum atomic E-state index is 12.2. The number of nitrogens with zero attached hydrogens (tertiary/aromatic N) is 1. The molecule has 6 heteroatoms. The molecule has 1 aromatic carbocycles. The fraction of sp³-hybridized carbons (Fsp3) is 0.529. The van der Waals surface area contributed by atoms with Gasteiger partial charge in [-0.05, 0) is 25.0 Å². The van der Waals surface area contributed by atoms with Crippen molar-refractivity contribution in [3.8, 4) is 11.5 Å². The summed E-state index contributed by atoms with van der Waals surface area (Å²) in [6, 6.07) is 5.10. The Morgan fingerprint density at radius 3 is 2.39 bits per heavy atom. The molecule has 6 nitrogen and oxygen atoms in total. The predicted molar refractivity (Wildman–Crippen MR) is 88.9 cm³/mol. The summed E-state index contributed by atoms with van der Waals surface area (Å²) in [5, 5.41) is 2.86.